The van der Waals surface area contributed by atoms with Crippen molar-refractivity contribution in [2.24, 2.45) is 5.73 Å². The number of likely N-dealkylation sites (N-methyl/N-ethyl adjacent to an activating group) is 1. The summed E-state index contributed by atoms with van der Waals surface area (Å²) < 4.78 is 5.43. The third-order valence-electron chi connectivity index (χ3n) is 3.38. The third-order valence-corrected chi connectivity index (χ3v) is 3.60. The van der Waals surface area contributed by atoms with Crippen LogP contribution in [0, 0.1) is 0 Å². The van der Waals surface area contributed by atoms with Gasteiger partial charge in [0.05, 0.1) is 12.1 Å². The quantitative estimate of drug-likeness (QED) is 0.629. The Morgan fingerprint density at radius 2 is 2.10 bits per heavy atom. The van der Waals surface area contributed by atoms with E-state index in [0.717, 1.165) is 42.0 Å². The Labute approximate surface area is 130 Å². The molecule has 5 heteroatoms. The Bertz CT molecular complexity index is 630. The molecule has 0 saturated heterocycles. The lowest BCUT2D eigenvalue weighted by Crippen LogP contribution is -2.28. The van der Waals surface area contributed by atoms with Crippen LogP contribution in [0.3, 0.4) is 0 Å². The Morgan fingerprint density at radius 3 is 2.76 bits per heavy atom. The number of fused-ring (bicyclic) bond motifs is 1. The maximum absolute atomic E-state index is 5.87. The largest absolute Gasteiger partial charge is 0.389 e. The van der Waals surface area contributed by atoms with Gasteiger partial charge in [0.2, 0.25) is 0 Å². The fourth-order valence-electron chi connectivity index (χ4n) is 2.28. The lowest BCUT2D eigenvalue weighted by molar-refractivity contribution is 0.154. The topological polar surface area (TPSA) is 51.4 Å². The summed E-state index contributed by atoms with van der Waals surface area (Å²) in [7, 11) is 0. The van der Waals surface area contributed by atoms with Crippen molar-refractivity contribution in [1.29, 1.82) is 0 Å². The van der Waals surface area contributed by atoms with E-state index in [9.17, 15) is 0 Å². The average molecular weight is 303 g/mol. The molecule has 0 fully saturated rings. The number of nitrogens with two attached hydrogens (primary N) is 1. The van der Waals surface area contributed by atoms with Gasteiger partial charge >= 0.3 is 0 Å². The van der Waals surface area contributed by atoms with Crippen molar-refractivity contribution in [3.05, 3.63) is 35.9 Å². The molecule has 0 radical (unpaired) electrons. The van der Waals surface area contributed by atoms with Gasteiger partial charge in [-0.25, -0.2) is 4.98 Å². The zero-order valence-corrected chi connectivity index (χ0v) is 13.3. The highest BCUT2D eigenvalue weighted by Crippen LogP contribution is 2.23. The number of thiocarbonyl (C=S) groups is 1. The Hall–Kier alpha value is -1.72. The molecule has 0 spiro atoms. The number of benzene rings is 1. The first kappa shape index (κ1) is 15.7. The van der Waals surface area contributed by atoms with E-state index < -0.39 is 0 Å². The smallest absolute Gasteiger partial charge is 0.130 e. The average Bonchev–Trinajstić information content (AvgIpc) is 2.50. The zero-order valence-electron chi connectivity index (χ0n) is 12.5. The molecular weight excluding hydrogens is 282 g/mol. The van der Waals surface area contributed by atoms with Gasteiger partial charge in [-0.3, -0.25) is 0 Å². The molecule has 1 aromatic heterocycles. The van der Waals surface area contributed by atoms with Gasteiger partial charge in [0.1, 0.15) is 10.8 Å². The maximum atomic E-state index is 5.87. The van der Waals surface area contributed by atoms with E-state index in [-0.39, 0.29) is 0 Å². The number of hydrogen-bond acceptors (Lipinski definition) is 4. The van der Waals surface area contributed by atoms with Crippen molar-refractivity contribution >= 4 is 33.9 Å². The minimum absolute atomic E-state index is 0.399. The fourth-order valence-corrected chi connectivity index (χ4v) is 2.45. The van der Waals surface area contributed by atoms with Crippen LogP contribution in [0.25, 0.3) is 10.9 Å². The molecule has 0 atom stereocenters. The fraction of sp³-hybridized carbons (Fsp3) is 0.375. The second-order valence-corrected chi connectivity index (χ2v) is 5.13. The summed E-state index contributed by atoms with van der Waals surface area (Å²) in [6.45, 7) is 7.16. The first-order valence-electron chi connectivity index (χ1n) is 7.19. The van der Waals surface area contributed by atoms with Gasteiger partial charge in [0, 0.05) is 30.6 Å². The number of rotatable bonds is 7. The van der Waals surface area contributed by atoms with Crippen molar-refractivity contribution in [3.8, 4) is 0 Å². The molecule has 0 bridgehead atoms. The highest BCUT2D eigenvalue weighted by Gasteiger charge is 2.12. The van der Waals surface area contributed by atoms with Crippen LogP contribution in [0.2, 0.25) is 0 Å². The van der Waals surface area contributed by atoms with Crippen LogP contribution in [-0.2, 0) is 4.74 Å². The van der Waals surface area contributed by atoms with Crippen LogP contribution in [0.1, 0.15) is 19.4 Å². The molecule has 0 amide bonds. The molecule has 1 aromatic carbocycles. The molecule has 4 nitrogen and oxygen atoms in total. The van der Waals surface area contributed by atoms with E-state index in [0.29, 0.717) is 11.6 Å². The van der Waals surface area contributed by atoms with Crippen LogP contribution < -0.4 is 10.6 Å². The molecule has 0 saturated carbocycles. The number of aromatic nitrogens is 1. The van der Waals surface area contributed by atoms with Gasteiger partial charge in [-0.15, -0.1) is 0 Å². The SMILES string of the molecule is CCOCCN(CC)c1cc(C(N)=S)c2ccccc2n1. The lowest BCUT2D eigenvalue weighted by atomic mass is 10.1. The molecule has 2 N–H and O–H groups in total. The molecule has 112 valence electrons. The van der Waals surface area contributed by atoms with Crippen LogP contribution in [-0.4, -0.2) is 36.3 Å². The third kappa shape index (κ3) is 3.68. The number of nitrogens with zero attached hydrogens (tertiary/aromatic N) is 2. The minimum atomic E-state index is 0.399. The van der Waals surface area contributed by atoms with E-state index >= 15 is 0 Å². The second kappa shape index (κ2) is 7.33. The van der Waals surface area contributed by atoms with Gasteiger partial charge < -0.3 is 15.4 Å². The van der Waals surface area contributed by atoms with Crippen LogP contribution >= 0.6 is 12.2 Å². The predicted octanol–water partition coefficient (Wildman–Crippen LogP) is 2.73. The number of anilines is 1. The zero-order chi connectivity index (χ0) is 15.2. The minimum Gasteiger partial charge on any atom is -0.389 e. The second-order valence-electron chi connectivity index (χ2n) is 4.69. The highest BCUT2D eigenvalue weighted by atomic mass is 32.1. The predicted molar refractivity (Wildman–Crippen MR) is 92.0 cm³/mol. The standard InChI is InChI=1S/C16H21N3OS/c1-3-19(9-10-20-4-2)15-11-13(16(17)21)12-7-5-6-8-14(12)18-15/h5-8,11H,3-4,9-10H2,1-2H3,(H2,17,21). The molecule has 2 aromatic rings. The summed E-state index contributed by atoms with van der Waals surface area (Å²) in [5, 5.41) is 0.995. The van der Waals surface area contributed by atoms with E-state index in [1.807, 2.05) is 37.3 Å². The number of ether oxygens (including phenoxy) is 1. The summed E-state index contributed by atoms with van der Waals surface area (Å²) in [5.41, 5.74) is 7.66. The summed E-state index contributed by atoms with van der Waals surface area (Å²) in [6.07, 6.45) is 0. The molecule has 0 aliphatic rings. The van der Waals surface area contributed by atoms with Crippen LogP contribution in [0.5, 0.6) is 0 Å². The molecule has 21 heavy (non-hydrogen) atoms. The highest BCUT2D eigenvalue weighted by molar-refractivity contribution is 7.80. The van der Waals surface area contributed by atoms with E-state index in [2.05, 4.69) is 11.8 Å². The van der Waals surface area contributed by atoms with Gasteiger partial charge in [-0.05, 0) is 26.0 Å². The molecular formula is C16H21N3OS. The lowest BCUT2D eigenvalue weighted by Gasteiger charge is -2.23. The number of pyridine rings is 1. The molecule has 1 heterocycles. The molecule has 0 aliphatic carbocycles. The molecule has 0 unspecified atom stereocenters. The number of para-hydroxylation sites is 1. The maximum Gasteiger partial charge on any atom is 0.130 e. The Kier molecular flexibility index (Phi) is 5.47. The summed E-state index contributed by atoms with van der Waals surface area (Å²) >= 11 is 5.18. The Balaban J connectivity index is 2.41. The van der Waals surface area contributed by atoms with Crippen molar-refractivity contribution < 1.29 is 4.74 Å². The van der Waals surface area contributed by atoms with Gasteiger partial charge in [-0.2, -0.15) is 0 Å². The summed E-state index contributed by atoms with van der Waals surface area (Å²) in [5.74, 6) is 0.888. The van der Waals surface area contributed by atoms with Crippen molar-refractivity contribution in [2.75, 3.05) is 31.2 Å². The first-order valence-corrected chi connectivity index (χ1v) is 7.60. The van der Waals surface area contributed by atoms with Crippen LogP contribution in [0.4, 0.5) is 5.82 Å². The van der Waals surface area contributed by atoms with Crippen molar-refractivity contribution in [3.63, 3.8) is 0 Å². The van der Waals surface area contributed by atoms with Gasteiger partial charge in [0.15, 0.2) is 0 Å². The monoisotopic (exact) mass is 303 g/mol. The van der Waals surface area contributed by atoms with E-state index in [1.54, 1.807) is 0 Å². The molecule has 2 rings (SSSR count). The summed E-state index contributed by atoms with van der Waals surface area (Å²) in [6, 6.07) is 9.89. The van der Waals surface area contributed by atoms with Crippen molar-refractivity contribution in [2.45, 2.75) is 13.8 Å². The first-order chi connectivity index (χ1) is 10.2. The Morgan fingerprint density at radius 1 is 1.33 bits per heavy atom. The van der Waals surface area contributed by atoms with Gasteiger partial charge in [-0.1, -0.05) is 30.4 Å². The van der Waals surface area contributed by atoms with E-state index in [1.165, 1.54) is 0 Å². The van der Waals surface area contributed by atoms with Crippen molar-refractivity contribution in [1.82, 2.24) is 4.98 Å². The van der Waals surface area contributed by atoms with E-state index in [4.69, 9.17) is 27.7 Å². The number of hydrogen-bond donors (Lipinski definition) is 1. The molecule has 0 aliphatic heterocycles. The van der Waals surface area contributed by atoms with Crippen LogP contribution in [0.15, 0.2) is 30.3 Å². The normalized spacial score (nSPS) is 10.8. The van der Waals surface area contributed by atoms with Gasteiger partial charge in [0.25, 0.3) is 0 Å². The summed E-state index contributed by atoms with van der Waals surface area (Å²) in [4.78, 5) is 7.29.